The largest absolute Gasteiger partial charge is 0.464 e. The van der Waals surface area contributed by atoms with E-state index in [2.05, 4.69) is 15.4 Å². The molecule has 2 heterocycles. The second kappa shape index (κ2) is 5.40. The molecular weight excluding hydrogens is 284 g/mol. The lowest BCUT2D eigenvalue weighted by Crippen LogP contribution is -2.59. The van der Waals surface area contributed by atoms with Crippen LogP contribution >= 0.6 is 0 Å². The van der Waals surface area contributed by atoms with Crippen LogP contribution in [0, 0.1) is 6.92 Å². The highest BCUT2D eigenvalue weighted by molar-refractivity contribution is 6.02. The van der Waals surface area contributed by atoms with Crippen LogP contribution in [0.15, 0.2) is 18.6 Å². The van der Waals surface area contributed by atoms with Crippen LogP contribution in [-0.4, -0.2) is 38.6 Å². The minimum Gasteiger partial charge on any atom is -0.464 e. The number of carbonyl (C=O) groups excluding carboxylic acids is 2. The minimum atomic E-state index is -0.897. The molecule has 0 saturated heterocycles. The Labute approximate surface area is 127 Å². The molecule has 1 aliphatic rings. The van der Waals surface area contributed by atoms with E-state index in [1.165, 1.54) is 6.20 Å². The Morgan fingerprint density at radius 3 is 2.82 bits per heavy atom. The molecule has 3 rings (SSSR count). The number of nitrogens with one attached hydrogen (secondary N) is 1. The first kappa shape index (κ1) is 14.5. The first-order chi connectivity index (χ1) is 10.6. The van der Waals surface area contributed by atoms with Gasteiger partial charge in [-0.05, 0) is 38.7 Å². The molecule has 0 spiro atoms. The summed E-state index contributed by atoms with van der Waals surface area (Å²) < 4.78 is 6.64. The van der Waals surface area contributed by atoms with E-state index in [0.29, 0.717) is 30.7 Å². The summed E-state index contributed by atoms with van der Waals surface area (Å²) in [5, 5.41) is 6.95. The van der Waals surface area contributed by atoms with Gasteiger partial charge in [0.1, 0.15) is 11.1 Å². The van der Waals surface area contributed by atoms with E-state index >= 15 is 0 Å². The molecule has 0 unspecified atom stereocenters. The lowest BCUT2D eigenvalue weighted by Gasteiger charge is -2.39. The number of rotatable bonds is 4. The number of aryl methyl sites for hydroxylation is 1. The monoisotopic (exact) mass is 302 g/mol. The van der Waals surface area contributed by atoms with E-state index in [-0.39, 0.29) is 11.9 Å². The van der Waals surface area contributed by atoms with Crippen molar-refractivity contribution in [3.05, 3.63) is 29.7 Å². The number of fused-ring (bicyclic) bond motifs is 1. The number of ether oxygens (including phenoxy) is 1. The van der Waals surface area contributed by atoms with Crippen molar-refractivity contribution in [2.75, 3.05) is 6.61 Å². The zero-order valence-corrected chi connectivity index (χ0v) is 12.6. The van der Waals surface area contributed by atoms with E-state index < -0.39 is 5.54 Å². The fourth-order valence-corrected chi connectivity index (χ4v) is 2.59. The van der Waals surface area contributed by atoms with E-state index in [1.54, 1.807) is 23.8 Å². The van der Waals surface area contributed by atoms with Crippen LogP contribution in [0.3, 0.4) is 0 Å². The van der Waals surface area contributed by atoms with Crippen LogP contribution in [0.1, 0.15) is 42.1 Å². The number of carbonyl (C=O) groups is 2. The molecule has 7 heteroatoms. The van der Waals surface area contributed by atoms with Crippen molar-refractivity contribution in [1.29, 1.82) is 0 Å². The highest BCUT2D eigenvalue weighted by atomic mass is 16.5. The van der Waals surface area contributed by atoms with Crippen LogP contribution < -0.4 is 5.32 Å². The zero-order chi connectivity index (χ0) is 15.7. The zero-order valence-electron chi connectivity index (χ0n) is 12.6. The Morgan fingerprint density at radius 2 is 2.18 bits per heavy atom. The molecule has 1 saturated carbocycles. The van der Waals surface area contributed by atoms with Crippen molar-refractivity contribution >= 4 is 17.5 Å². The number of amides is 1. The summed E-state index contributed by atoms with van der Waals surface area (Å²) in [4.78, 5) is 28.8. The maximum Gasteiger partial charge on any atom is 0.331 e. The van der Waals surface area contributed by atoms with E-state index in [9.17, 15) is 9.59 Å². The molecule has 0 aromatic carbocycles. The standard InChI is InChI=1S/C15H18N4O3/c1-3-22-14(21)15(5-4-6-15)18-13(20)11-8-17-19-9-10(2)7-16-12(11)19/h7-9H,3-6H2,1-2H3,(H,18,20). The quantitative estimate of drug-likeness (QED) is 0.859. The van der Waals surface area contributed by atoms with Gasteiger partial charge in [-0.3, -0.25) is 4.79 Å². The molecule has 0 bridgehead atoms. The van der Waals surface area contributed by atoms with Crippen molar-refractivity contribution in [3.8, 4) is 0 Å². The molecule has 2 aromatic heterocycles. The third kappa shape index (κ3) is 2.32. The van der Waals surface area contributed by atoms with Crippen LogP contribution in [0.25, 0.3) is 5.65 Å². The Hall–Kier alpha value is -2.44. The smallest absolute Gasteiger partial charge is 0.331 e. The van der Waals surface area contributed by atoms with Crippen LogP contribution in [-0.2, 0) is 9.53 Å². The number of hydrogen-bond donors (Lipinski definition) is 1. The molecule has 0 aliphatic heterocycles. The molecule has 0 atom stereocenters. The normalized spacial score (nSPS) is 16.1. The fraction of sp³-hybridized carbons (Fsp3) is 0.467. The summed E-state index contributed by atoms with van der Waals surface area (Å²) in [5.74, 6) is -0.714. The summed E-state index contributed by atoms with van der Waals surface area (Å²) >= 11 is 0. The van der Waals surface area contributed by atoms with Gasteiger partial charge in [-0.1, -0.05) is 0 Å². The molecule has 1 N–H and O–H groups in total. The Balaban J connectivity index is 1.85. The first-order valence-corrected chi connectivity index (χ1v) is 7.35. The van der Waals surface area contributed by atoms with Gasteiger partial charge in [-0.25, -0.2) is 14.3 Å². The maximum absolute atomic E-state index is 12.5. The maximum atomic E-state index is 12.5. The summed E-state index contributed by atoms with van der Waals surface area (Å²) in [6.45, 7) is 3.95. The third-order valence-corrected chi connectivity index (χ3v) is 3.96. The van der Waals surface area contributed by atoms with Gasteiger partial charge in [-0.15, -0.1) is 0 Å². The molecule has 7 nitrogen and oxygen atoms in total. The van der Waals surface area contributed by atoms with E-state index in [4.69, 9.17) is 4.74 Å². The molecule has 22 heavy (non-hydrogen) atoms. The van der Waals surface area contributed by atoms with Crippen molar-refractivity contribution in [2.45, 2.75) is 38.6 Å². The predicted molar refractivity (Wildman–Crippen MR) is 78.4 cm³/mol. The molecule has 116 valence electrons. The molecule has 1 aliphatic carbocycles. The Kier molecular flexibility index (Phi) is 3.56. The van der Waals surface area contributed by atoms with Gasteiger partial charge in [0.05, 0.1) is 12.8 Å². The summed E-state index contributed by atoms with van der Waals surface area (Å²) in [7, 11) is 0. The number of hydrogen-bond acceptors (Lipinski definition) is 5. The topological polar surface area (TPSA) is 85.6 Å². The third-order valence-electron chi connectivity index (χ3n) is 3.96. The second-order valence-corrected chi connectivity index (χ2v) is 5.57. The lowest BCUT2D eigenvalue weighted by atomic mass is 9.76. The Morgan fingerprint density at radius 1 is 1.41 bits per heavy atom. The summed E-state index contributed by atoms with van der Waals surface area (Å²) in [6, 6.07) is 0. The van der Waals surface area contributed by atoms with E-state index in [1.807, 2.05) is 6.92 Å². The fourth-order valence-electron chi connectivity index (χ4n) is 2.59. The highest BCUT2D eigenvalue weighted by Crippen LogP contribution is 2.33. The second-order valence-electron chi connectivity index (χ2n) is 5.57. The van der Waals surface area contributed by atoms with Gasteiger partial charge >= 0.3 is 5.97 Å². The molecule has 2 aromatic rings. The first-order valence-electron chi connectivity index (χ1n) is 7.35. The van der Waals surface area contributed by atoms with Crippen LogP contribution in [0.2, 0.25) is 0 Å². The Bertz CT molecular complexity index is 733. The summed E-state index contributed by atoms with van der Waals surface area (Å²) in [5.41, 5.74) is 0.882. The van der Waals surface area contributed by atoms with E-state index in [0.717, 1.165) is 12.0 Å². The van der Waals surface area contributed by atoms with Gasteiger partial charge in [0, 0.05) is 12.4 Å². The lowest BCUT2D eigenvalue weighted by molar-refractivity contribution is -0.154. The summed E-state index contributed by atoms with van der Waals surface area (Å²) in [6.07, 6.45) is 7.04. The van der Waals surface area contributed by atoms with Gasteiger partial charge in [0.2, 0.25) is 0 Å². The van der Waals surface area contributed by atoms with Gasteiger partial charge in [0.15, 0.2) is 5.65 Å². The number of esters is 1. The SMILES string of the molecule is CCOC(=O)C1(NC(=O)c2cnn3cc(C)cnc23)CCC1. The molecule has 1 amide bonds. The van der Waals surface area contributed by atoms with Crippen molar-refractivity contribution in [1.82, 2.24) is 19.9 Å². The van der Waals surface area contributed by atoms with Crippen molar-refractivity contribution in [3.63, 3.8) is 0 Å². The highest BCUT2D eigenvalue weighted by Gasteiger charge is 2.47. The van der Waals surface area contributed by atoms with Gasteiger partial charge in [0.25, 0.3) is 5.91 Å². The van der Waals surface area contributed by atoms with Gasteiger partial charge < -0.3 is 10.1 Å². The van der Waals surface area contributed by atoms with Crippen LogP contribution in [0.5, 0.6) is 0 Å². The predicted octanol–water partition coefficient (Wildman–Crippen LogP) is 1.25. The average molecular weight is 302 g/mol. The molecule has 1 fully saturated rings. The van der Waals surface area contributed by atoms with Crippen LogP contribution in [0.4, 0.5) is 0 Å². The number of aromatic nitrogens is 3. The average Bonchev–Trinajstić information content (AvgIpc) is 2.85. The van der Waals surface area contributed by atoms with Gasteiger partial charge in [-0.2, -0.15) is 5.10 Å². The van der Waals surface area contributed by atoms with Crippen molar-refractivity contribution < 1.29 is 14.3 Å². The molecule has 0 radical (unpaired) electrons. The molecular formula is C15H18N4O3. The van der Waals surface area contributed by atoms with Crippen molar-refractivity contribution in [2.24, 2.45) is 0 Å². The minimum absolute atomic E-state index is 0.300. The number of nitrogens with zero attached hydrogens (tertiary/aromatic N) is 3.